The average molecular weight is 294 g/mol. The maximum Gasteiger partial charge on any atom is 0.344 e. The molecule has 0 unspecified atom stereocenters. The summed E-state index contributed by atoms with van der Waals surface area (Å²) in [4.78, 5) is 33.0. The predicted molar refractivity (Wildman–Crippen MR) is 74.6 cm³/mol. The van der Waals surface area contributed by atoms with Crippen molar-refractivity contribution in [2.45, 2.75) is 13.8 Å². The van der Waals surface area contributed by atoms with Crippen molar-refractivity contribution in [3.8, 4) is 5.75 Å². The van der Waals surface area contributed by atoms with Crippen LogP contribution >= 0.6 is 0 Å². The van der Waals surface area contributed by atoms with E-state index < -0.39 is 24.4 Å². The van der Waals surface area contributed by atoms with Crippen LogP contribution < -0.4 is 15.8 Å². The lowest BCUT2D eigenvalue weighted by atomic mass is 10.1. The SMILES string of the molecule is Cc1ccc(OCC(=O)OCC(=O)NCC(N)=O)cc1C. The minimum Gasteiger partial charge on any atom is -0.482 e. The molecule has 2 amide bonds. The third-order valence-electron chi connectivity index (χ3n) is 2.66. The van der Waals surface area contributed by atoms with Crippen molar-refractivity contribution >= 4 is 17.8 Å². The van der Waals surface area contributed by atoms with Gasteiger partial charge in [0.05, 0.1) is 6.54 Å². The molecule has 0 bridgehead atoms. The molecule has 0 spiro atoms. The van der Waals surface area contributed by atoms with E-state index in [1.54, 1.807) is 6.07 Å². The van der Waals surface area contributed by atoms with Gasteiger partial charge in [-0.2, -0.15) is 0 Å². The molecule has 0 atom stereocenters. The van der Waals surface area contributed by atoms with Gasteiger partial charge < -0.3 is 20.5 Å². The number of aryl methyl sites for hydroxylation is 2. The molecule has 3 N–H and O–H groups in total. The topological polar surface area (TPSA) is 108 Å². The standard InChI is InChI=1S/C14H18N2O5/c1-9-3-4-11(5-10(9)2)20-8-14(19)21-7-13(18)16-6-12(15)17/h3-5H,6-8H2,1-2H3,(H2,15,17)(H,16,18). The second-order valence-corrected chi connectivity index (χ2v) is 4.44. The molecule has 1 aromatic carbocycles. The number of rotatable bonds is 7. The minimum absolute atomic E-state index is 0.296. The zero-order valence-corrected chi connectivity index (χ0v) is 12.0. The number of esters is 1. The molecule has 0 aliphatic heterocycles. The van der Waals surface area contributed by atoms with E-state index >= 15 is 0 Å². The Morgan fingerprint density at radius 3 is 2.48 bits per heavy atom. The zero-order valence-electron chi connectivity index (χ0n) is 12.0. The van der Waals surface area contributed by atoms with Crippen LogP contribution in [0.25, 0.3) is 0 Å². The van der Waals surface area contributed by atoms with Crippen molar-refractivity contribution in [3.63, 3.8) is 0 Å². The fourth-order valence-electron chi connectivity index (χ4n) is 1.37. The highest BCUT2D eigenvalue weighted by Crippen LogP contribution is 2.16. The lowest BCUT2D eigenvalue weighted by Crippen LogP contribution is -2.36. The first-order chi connectivity index (χ1) is 9.88. The molecule has 7 heteroatoms. The van der Waals surface area contributed by atoms with Crippen LogP contribution in [0.15, 0.2) is 18.2 Å². The largest absolute Gasteiger partial charge is 0.482 e. The van der Waals surface area contributed by atoms with Crippen molar-refractivity contribution < 1.29 is 23.9 Å². The van der Waals surface area contributed by atoms with Crippen molar-refractivity contribution in [3.05, 3.63) is 29.3 Å². The molecule has 0 fully saturated rings. The molecule has 7 nitrogen and oxygen atoms in total. The number of nitrogens with one attached hydrogen (secondary N) is 1. The highest BCUT2D eigenvalue weighted by atomic mass is 16.6. The molecule has 1 rings (SSSR count). The lowest BCUT2D eigenvalue weighted by molar-refractivity contribution is -0.150. The summed E-state index contributed by atoms with van der Waals surface area (Å²) >= 11 is 0. The van der Waals surface area contributed by atoms with E-state index in [1.807, 2.05) is 26.0 Å². The van der Waals surface area contributed by atoms with Gasteiger partial charge in [0.25, 0.3) is 5.91 Å². The lowest BCUT2D eigenvalue weighted by Gasteiger charge is -2.08. The Morgan fingerprint density at radius 1 is 1.14 bits per heavy atom. The van der Waals surface area contributed by atoms with Gasteiger partial charge in [-0.3, -0.25) is 9.59 Å². The van der Waals surface area contributed by atoms with Crippen molar-refractivity contribution in [1.82, 2.24) is 5.32 Å². The third kappa shape index (κ3) is 6.42. The summed E-state index contributed by atoms with van der Waals surface area (Å²) in [6.45, 7) is 2.82. The van der Waals surface area contributed by atoms with E-state index in [0.29, 0.717) is 5.75 Å². The van der Waals surface area contributed by atoms with Crippen LogP contribution in [0.2, 0.25) is 0 Å². The molecule has 0 aliphatic carbocycles. The van der Waals surface area contributed by atoms with Crippen LogP contribution in [-0.2, 0) is 19.1 Å². The molecule has 0 aliphatic rings. The highest BCUT2D eigenvalue weighted by Gasteiger charge is 2.09. The van der Waals surface area contributed by atoms with Gasteiger partial charge in [0.1, 0.15) is 5.75 Å². The molecular formula is C14H18N2O5. The number of hydrogen-bond acceptors (Lipinski definition) is 5. The highest BCUT2D eigenvalue weighted by molar-refractivity contribution is 5.85. The quantitative estimate of drug-likeness (QED) is 0.679. The second-order valence-electron chi connectivity index (χ2n) is 4.44. The number of primary amides is 1. The predicted octanol–water partition coefficient (Wildman–Crippen LogP) is -0.173. The number of hydrogen-bond donors (Lipinski definition) is 2. The van der Waals surface area contributed by atoms with Gasteiger partial charge in [-0.05, 0) is 37.1 Å². The number of ether oxygens (including phenoxy) is 2. The number of carbonyl (C=O) groups is 3. The summed E-state index contributed by atoms with van der Waals surface area (Å²) in [5, 5.41) is 2.19. The van der Waals surface area contributed by atoms with E-state index in [0.717, 1.165) is 11.1 Å². The Hall–Kier alpha value is -2.57. The van der Waals surface area contributed by atoms with Crippen LogP contribution in [0.3, 0.4) is 0 Å². The molecule has 0 saturated carbocycles. The van der Waals surface area contributed by atoms with Crippen molar-refractivity contribution in [2.75, 3.05) is 19.8 Å². The van der Waals surface area contributed by atoms with Crippen molar-refractivity contribution in [1.29, 1.82) is 0 Å². The van der Waals surface area contributed by atoms with Crippen LogP contribution in [0, 0.1) is 13.8 Å². The smallest absolute Gasteiger partial charge is 0.344 e. The first kappa shape index (κ1) is 16.5. The van der Waals surface area contributed by atoms with Gasteiger partial charge in [-0.25, -0.2) is 4.79 Å². The Balaban J connectivity index is 2.29. The van der Waals surface area contributed by atoms with Gasteiger partial charge in [0.2, 0.25) is 5.91 Å². The Morgan fingerprint density at radius 2 is 1.86 bits per heavy atom. The van der Waals surface area contributed by atoms with E-state index in [4.69, 9.17) is 10.5 Å². The molecule has 1 aromatic rings. The molecule has 114 valence electrons. The van der Waals surface area contributed by atoms with Crippen LogP contribution in [0.4, 0.5) is 0 Å². The van der Waals surface area contributed by atoms with E-state index in [-0.39, 0.29) is 13.2 Å². The van der Waals surface area contributed by atoms with Crippen LogP contribution in [0.5, 0.6) is 5.75 Å². The number of benzene rings is 1. The van der Waals surface area contributed by atoms with Gasteiger partial charge in [0.15, 0.2) is 13.2 Å². The summed E-state index contributed by atoms with van der Waals surface area (Å²) in [5.41, 5.74) is 7.02. The van der Waals surface area contributed by atoms with Crippen molar-refractivity contribution in [2.24, 2.45) is 5.73 Å². The van der Waals surface area contributed by atoms with E-state index in [1.165, 1.54) is 0 Å². The monoisotopic (exact) mass is 294 g/mol. The van der Waals surface area contributed by atoms with Gasteiger partial charge in [-0.1, -0.05) is 6.07 Å². The maximum atomic E-state index is 11.4. The molecular weight excluding hydrogens is 276 g/mol. The fraction of sp³-hybridized carbons (Fsp3) is 0.357. The van der Waals surface area contributed by atoms with Gasteiger partial charge >= 0.3 is 5.97 Å². The van der Waals surface area contributed by atoms with E-state index in [2.05, 4.69) is 10.1 Å². The molecule has 0 heterocycles. The first-order valence-electron chi connectivity index (χ1n) is 6.29. The molecule has 0 aromatic heterocycles. The number of carbonyl (C=O) groups excluding carboxylic acids is 3. The maximum absolute atomic E-state index is 11.4. The number of nitrogens with two attached hydrogens (primary N) is 1. The van der Waals surface area contributed by atoms with Gasteiger partial charge in [0, 0.05) is 0 Å². The minimum atomic E-state index is -0.678. The molecule has 0 radical (unpaired) electrons. The molecule has 0 saturated heterocycles. The number of amides is 2. The summed E-state index contributed by atoms with van der Waals surface area (Å²) < 4.78 is 9.94. The summed E-state index contributed by atoms with van der Waals surface area (Å²) in [6.07, 6.45) is 0. The normalized spacial score (nSPS) is 9.81. The Kier molecular flexibility index (Phi) is 6.19. The Labute approximate surface area is 122 Å². The molecule has 21 heavy (non-hydrogen) atoms. The third-order valence-corrected chi connectivity index (χ3v) is 2.66. The summed E-state index contributed by atoms with van der Waals surface area (Å²) in [6, 6.07) is 5.44. The van der Waals surface area contributed by atoms with E-state index in [9.17, 15) is 14.4 Å². The van der Waals surface area contributed by atoms with Gasteiger partial charge in [-0.15, -0.1) is 0 Å². The Bertz CT molecular complexity index is 542. The first-order valence-corrected chi connectivity index (χ1v) is 6.29. The summed E-state index contributed by atoms with van der Waals surface area (Å²) in [5.74, 6) is -1.41. The van der Waals surface area contributed by atoms with Crippen LogP contribution in [0.1, 0.15) is 11.1 Å². The summed E-state index contributed by atoms with van der Waals surface area (Å²) in [7, 11) is 0. The average Bonchev–Trinajstić information content (AvgIpc) is 2.44. The second kappa shape index (κ2) is 7.88. The fourth-order valence-corrected chi connectivity index (χ4v) is 1.37. The van der Waals surface area contributed by atoms with Crippen LogP contribution in [-0.4, -0.2) is 37.5 Å². The zero-order chi connectivity index (χ0) is 15.8.